The fraction of sp³-hybridized carbons (Fsp3) is 0.500. The molecule has 1 aromatic heterocycles. The molecule has 4 rings (SSSR count). The third-order valence-corrected chi connectivity index (χ3v) is 4.49. The molecule has 6 heteroatoms. The lowest BCUT2D eigenvalue weighted by Gasteiger charge is -2.20. The fourth-order valence-electron chi connectivity index (χ4n) is 2.80. The van der Waals surface area contributed by atoms with E-state index in [1.807, 2.05) is 36.1 Å². The highest BCUT2D eigenvalue weighted by Crippen LogP contribution is 2.39. The lowest BCUT2D eigenvalue weighted by Crippen LogP contribution is -2.36. The van der Waals surface area contributed by atoms with Crippen LogP contribution in [0.3, 0.4) is 0 Å². The van der Waals surface area contributed by atoms with Gasteiger partial charge in [-0.1, -0.05) is 5.16 Å². The lowest BCUT2D eigenvalue weighted by molar-refractivity contribution is -0.133. The summed E-state index contributed by atoms with van der Waals surface area (Å²) in [5, 5.41) is 4.02. The largest absolute Gasteiger partial charge is 0.484 e. The quantitative estimate of drug-likeness (QED) is 0.782. The van der Waals surface area contributed by atoms with Gasteiger partial charge < -0.3 is 14.2 Å². The van der Waals surface area contributed by atoms with E-state index in [9.17, 15) is 4.79 Å². The number of likely N-dealkylation sites (N-methyl/N-ethyl adjacent to an activating group) is 1. The maximum Gasteiger partial charge on any atom is 0.260 e. The van der Waals surface area contributed by atoms with E-state index in [-0.39, 0.29) is 12.5 Å². The number of benzene rings is 1. The number of amides is 1. The first-order valence-corrected chi connectivity index (χ1v) is 8.61. The Bertz CT molecular complexity index is 717. The van der Waals surface area contributed by atoms with Gasteiger partial charge in [-0.25, -0.2) is 0 Å². The summed E-state index contributed by atoms with van der Waals surface area (Å²) in [6.07, 6.45) is 4.50. The molecule has 2 aromatic rings. The van der Waals surface area contributed by atoms with Crippen molar-refractivity contribution in [3.05, 3.63) is 30.2 Å². The van der Waals surface area contributed by atoms with Gasteiger partial charge in [-0.15, -0.1) is 0 Å². The molecule has 0 radical (unpaired) electrons. The van der Waals surface area contributed by atoms with Gasteiger partial charge in [0.25, 0.3) is 5.91 Å². The van der Waals surface area contributed by atoms with Crippen molar-refractivity contribution in [1.29, 1.82) is 0 Å². The molecule has 6 nitrogen and oxygen atoms in total. The molecule has 0 spiro atoms. The SMILES string of the molecule is CCN(C(=O)COc1ccc(-c2noc(C3CC3)n2)cc1)C1CC1. The van der Waals surface area contributed by atoms with E-state index >= 15 is 0 Å². The van der Waals surface area contributed by atoms with Crippen LogP contribution in [0.1, 0.15) is 44.4 Å². The second-order valence-corrected chi connectivity index (χ2v) is 6.45. The van der Waals surface area contributed by atoms with Crippen molar-refractivity contribution in [3.8, 4) is 17.1 Å². The van der Waals surface area contributed by atoms with E-state index in [0.717, 1.165) is 43.7 Å². The topological polar surface area (TPSA) is 68.5 Å². The molecule has 2 fully saturated rings. The summed E-state index contributed by atoms with van der Waals surface area (Å²) in [6.45, 7) is 2.83. The van der Waals surface area contributed by atoms with Crippen LogP contribution in [-0.4, -0.2) is 40.1 Å². The van der Waals surface area contributed by atoms with E-state index in [4.69, 9.17) is 9.26 Å². The van der Waals surface area contributed by atoms with Crippen molar-refractivity contribution < 1.29 is 14.1 Å². The Hall–Kier alpha value is -2.37. The van der Waals surface area contributed by atoms with Crippen molar-refractivity contribution in [1.82, 2.24) is 15.0 Å². The highest BCUT2D eigenvalue weighted by molar-refractivity contribution is 5.78. The molecule has 0 bridgehead atoms. The molecule has 2 aliphatic carbocycles. The number of carbonyl (C=O) groups is 1. The molecule has 0 aliphatic heterocycles. The molecule has 0 saturated heterocycles. The number of carbonyl (C=O) groups excluding carboxylic acids is 1. The second-order valence-electron chi connectivity index (χ2n) is 6.45. The minimum atomic E-state index is 0.0521. The second kappa shape index (κ2) is 6.26. The predicted octanol–water partition coefficient (Wildman–Crippen LogP) is 3.00. The number of aromatic nitrogens is 2. The van der Waals surface area contributed by atoms with Crippen molar-refractivity contribution in [3.63, 3.8) is 0 Å². The normalized spacial score (nSPS) is 16.9. The van der Waals surface area contributed by atoms with Crippen LogP contribution in [0.5, 0.6) is 5.75 Å². The summed E-state index contributed by atoms with van der Waals surface area (Å²) in [5.41, 5.74) is 0.887. The molecule has 0 unspecified atom stereocenters. The molecular weight excluding hydrogens is 306 g/mol. The van der Waals surface area contributed by atoms with Gasteiger partial charge in [0.05, 0.1) is 0 Å². The molecule has 1 heterocycles. The molecule has 2 aliphatic rings. The van der Waals surface area contributed by atoms with E-state index in [0.29, 0.717) is 23.5 Å². The van der Waals surface area contributed by atoms with Crippen molar-refractivity contribution in [2.24, 2.45) is 0 Å². The Morgan fingerprint density at radius 2 is 2.00 bits per heavy atom. The Balaban J connectivity index is 1.35. The summed E-state index contributed by atoms with van der Waals surface area (Å²) in [6, 6.07) is 7.87. The summed E-state index contributed by atoms with van der Waals surface area (Å²) < 4.78 is 10.9. The van der Waals surface area contributed by atoms with E-state index in [1.165, 1.54) is 0 Å². The van der Waals surface area contributed by atoms with Gasteiger partial charge in [-0.2, -0.15) is 4.98 Å². The van der Waals surface area contributed by atoms with Crippen LogP contribution in [0.25, 0.3) is 11.4 Å². The van der Waals surface area contributed by atoms with Gasteiger partial charge in [0.15, 0.2) is 6.61 Å². The number of ether oxygens (including phenoxy) is 1. The number of nitrogens with zero attached hydrogens (tertiary/aromatic N) is 3. The minimum Gasteiger partial charge on any atom is -0.484 e. The first-order valence-electron chi connectivity index (χ1n) is 8.61. The minimum absolute atomic E-state index is 0.0521. The zero-order chi connectivity index (χ0) is 16.5. The maximum atomic E-state index is 12.2. The maximum absolute atomic E-state index is 12.2. The Labute approximate surface area is 140 Å². The van der Waals surface area contributed by atoms with Gasteiger partial charge in [-0.3, -0.25) is 4.79 Å². The first-order chi connectivity index (χ1) is 11.7. The Kier molecular flexibility index (Phi) is 3.96. The van der Waals surface area contributed by atoms with Crippen LogP contribution in [0.15, 0.2) is 28.8 Å². The molecule has 2 saturated carbocycles. The van der Waals surface area contributed by atoms with E-state index in [1.54, 1.807) is 0 Å². The molecule has 1 aromatic carbocycles. The van der Waals surface area contributed by atoms with Crippen molar-refractivity contribution >= 4 is 5.91 Å². The van der Waals surface area contributed by atoms with Gasteiger partial charge in [0.1, 0.15) is 5.75 Å². The molecule has 1 amide bonds. The van der Waals surface area contributed by atoms with Crippen LogP contribution in [0, 0.1) is 0 Å². The van der Waals surface area contributed by atoms with E-state index in [2.05, 4.69) is 10.1 Å². The average molecular weight is 327 g/mol. The zero-order valence-corrected chi connectivity index (χ0v) is 13.8. The number of rotatable bonds is 7. The van der Waals surface area contributed by atoms with Crippen LogP contribution < -0.4 is 4.74 Å². The molecule has 24 heavy (non-hydrogen) atoms. The van der Waals surface area contributed by atoms with Crippen LogP contribution >= 0.6 is 0 Å². The van der Waals surface area contributed by atoms with Crippen LogP contribution in [0.2, 0.25) is 0 Å². The highest BCUT2D eigenvalue weighted by Gasteiger charge is 2.31. The smallest absolute Gasteiger partial charge is 0.260 e. The average Bonchev–Trinajstić information content (AvgIpc) is 3.54. The number of hydrogen-bond acceptors (Lipinski definition) is 5. The third kappa shape index (κ3) is 3.27. The van der Waals surface area contributed by atoms with Crippen LogP contribution in [-0.2, 0) is 4.79 Å². The van der Waals surface area contributed by atoms with E-state index < -0.39 is 0 Å². The summed E-state index contributed by atoms with van der Waals surface area (Å²) in [5.74, 6) is 2.51. The summed E-state index contributed by atoms with van der Waals surface area (Å²) >= 11 is 0. The third-order valence-electron chi connectivity index (χ3n) is 4.49. The monoisotopic (exact) mass is 327 g/mol. The van der Waals surface area contributed by atoms with Crippen molar-refractivity contribution in [2.75, 3.05) is 13.2 Å². The molecule has 0 atom stereocenters. The number of hydrogen-bond donors (Lipinski definition) is 0. The van der Waals surface area contributed by atoms with Gasteiger partial charge >= 0.3 is 0 Å². The fourth-order valence-corrected chi connectivity index (χ4v) is 2.80. The summed E-state index contributed by atoms with van der Waals surface area (Å²) in [7, 11) is 0. The standard InChI is InChI=1S/C18H21N3O3/c1-2-21(14-7-8-14)16(22)11-23-15-9-5-12(6-10-15)17-19-18(24-20-17)13-3-4-13/h5-6,9-10,13-14H,2-4,7-8,11H2,1H3. The lowest BCUT2D eigenvalue weighted by atomic mass is 10.2. The summed E-state index contributed by atoms with van der Waals surface area (Å²) in [4.78, 5) is 18.5. The predicted molar refractivity (Wildman–Crippen MR) is 87.6 cm³/mol. The molecular formula is C18H21N3O3. The molecule has 0 N–H and O–H groups in total. The Morgan fingerprint density at radius 1 is 1.25 bits per heavy atom. The molecule has 126 valence electrons. The van der Waals surface area contributed by atoms with Gasteiger partial charge in [0.2, 0.25) is 11.7 Å². The van der Waals surface area contributed by atoms with Crippen LogP contribution in [0.4, 0.5) is 0 Å². The zero-order valence-electron chi connectivity index (χ0n) is 13.8. The van der Waals surface area contributed by atoms with Gasteiger partial charge in [-0.05, 0) is 56.9 Å². The first kappa shape index (κ1) is 15.2. The van der Waals surface area contributed by atoms with Crippen molar-refractivity contribution in [2.45, 2.75) is 44.6 Å². The Morgan fingerprint density at radius 3 is 2.62 bits per heavy atom. The highest BCUT2D eigenvalue weighted by atomic mass is 16.5. The van der Waals surface area contributed by atoms with Gasteiger partial charge in [0, 0.05) is 24.1 Å².